The van der Waals surface area contributed by atoms with E-state index in [0.717, 1.165) is 21.9 Å². The van der Waals surface area contributed by atoms with Gasteiger partial charge >= 0.3 is 5.97 Å². The zero-order valence-electron chi connectivity index (χ0n) is 8.66. The van der Waals surface area contributed by atoms with E-state index in [1.54, 1.807) is 6.07 Å². The fourth-order valence-corrected chi connectivity index (χ4v) is 2.01. The Labute approximate surface area is 90.9 Å². The second-order valence-electron chi connectivity index (χ2n) is 3.95. The highest BCUT2D eigenvalue weighted by Crippen LogP contribution is 2.26. The number of hydrogen-bond donors (Lipinski definition) is 3. The van der Waals surface area contributed by atoms with E-state index in [4.69, 9.17) is 5.11 Å². The number of aromatic nitrogens is 2. The summed E-state index contributed by atoms with van der Waals surface area (Å²) in [6.07, 6.45) is 0. The molecular formula is C12H10N2O2. The van der Waals surface area contributed by atoms with Gasteiger partial charge in [-0.25, -0.2) is 4.79 Å². The Balaban J connectivity index is 2.38. The van der Waals surface area contributed by atoms with E-state index in [1.807, 2.05) is 25.1 Å². The lowest BCUT2D eigenvalue weighted by atomic mass is 10.2. The molecule has 80 valence electrons. The predicted octanol–water partition coefficient (Wildman–Crippen LogP) is 2.66. The first-order chi connectivity index (χ1) is 7.65. The summed E-state index contributed by atoms with van der Waals surface area (Å²) in [6.45, 7) is 2.03. The Kier molecular flexibility index (Phi) is 1.63. The molecule has 3 N–H and O–H groups in total. The average molecular weight is 214 g/mol. The van der Waals surface area contributed by atoms with Gasteiger partial charge in [0.25, 0.3) is 0 Å². The van der Waals surface area contributed by atoms with E-state index in [0.29, 0.717) is 0 Å². The highest BCUT2D eigenvalue weighted by molar-refractivity contribution is 6.07. The second-order valence-corrected chi connectivity index (χ2v) is 3.95. The number of carboxylic acid groups (broad SMARTS) is 1. The van der Waals surface area contributed by atoms with Gasteiger partial charge < -0.3 is 15.1 Å². The Morgan fingerprint density at radius 1 is 1.19 bits per heavy atom. The van der Waals surface area contributed by atoms with Gasteiger partial charge in [0.05, 0.1) is 11.0 Å². The fourth-order valence-electron chi connectivity index (χ4n) is 2.01. The first-order valence-corrected chi connectivity index (χ1v) is 4.99. The summed E-state index contributed by atoms with van der Waals surface area (Å²) in [7, 11) is 0. The molecule has 0 aliphatic heterocycles. The standard InChI is InChI=1S/C12H10N2O2/c1-6-2-3-7-8(4-6)13-9-5-10(12(15)16)14-11(7)9/h2-5,13-14H,1H3,(H,15,16). The van der Waals surface area contributed by atoms with E-state index in [-0.39, 0.29) is 5.69 Å². The van der Waals surface area contributed by atoms with E-state index in [2.05, 4.69) is 9.97 Å². The lowest BCUT2D eigenvalue weighted by Crippen LogP contribution is -1.95. The van der Waals surface area contributed by atoms with Gasteiger partial charge in [-0.1, -0.05) is 12.1 Å². The van der Waals surface area contributed by atoms with E-state index in [9.17, 15) is 4.79 Å². The van der Waals surface area contributed by atoms with Crippen LogP contribution in [0.2, 0.25) is 0 Å². The van der Waals surface area contributed by atoms with Crippen LogP contribution in [0.25, 0.3) is 21.9 Å². The normalized spacial score (nSPS) is 11.3. The summed E-state index contributed by atoms with van der Waals surface area (Å²) in [5, 5.41) is 9.90. The summed E-state index contributed by atoms with van der Waals surface area (Å²) in [6, 6.07) is 7.67. The van der Waals surface area contributed by atoms with Crippen molar-refractivity contribution in [2.24, 2.45) is 0 Å². The first kappa shape index (κ1) is 9.03. The lowest BCUT2D eigenvalue weighted by molar-refractivity contribution is 0.0691. The van der Waals surface area contributed by atoms with Crippen LogP contribution in [0.1, 0.15) is 16.1 Å². The number of carbonyl (C=O) groups is 1. The third-order valence-corrected chi connectivity index (χ3v) is 2.76. The molecule has 0 unspecified atom stereocenters. The number of aromatic amines is 2. The smallest absolute Gasteiger partial charge is 0.352 e. The maximum absolute atomic E-state index is 10.8. The minimum absolute atomic E-state index is 0.212. The minimum atomic E-state index is -0.940. The van der Waals surface area contributed by atoms with E-state index in [1.165, 1.54) is 5.56 Å². The Hall–Kier alpha value is -2.23. The quantitative estimate of drug-likeness (QED) is 0.582. The molecule has 0 atom stereocenters. The molecule has 4 heteroatoms. The monoisotopic (exact) mass is 214 g/mol. The molecule has 0 saturated carbocycles. The molecular weight excluding hydrogens is 204 g/mol. The molecule has 0 aliphatic rings. The maximum Gasteiger partial charge on any atom is 0.352 e. The van der Waals surface area contributed by atoms with Gasteiger partial charge in [0.2, 0.25) is 0 Å². The van der Waals surface area contributed by atoms with Crippen molar-refractivity contribution in [1.29, 1.82) is 0 Å². The molecule has 0 radical (unpaired) electrons. The molecule has 0 bridgehead atoms. The van der Waals surface area contributed by atoms with Crippen molar-refractivity contribution in [3.05, 3.63) is 35.5 Å². The van der Waals surface area contributed by atoms with Gasteiger partial charge in [0.15, 0.2) is 0 Å². The van der Waals surface area contributed by atoms with Crippen molar-refractivity contribution in [2.45, 2.75) is 6.92 Å². The molecule has 4 nitrogen and oxygen atoms in total. The molecule has 3 rings (SSSR count). The van der Waals surface area contributed by atoms with Gasteiger partial charge in [0, 0.05) is 10.9 Å². The van der Waals surface area contributed by atoms with Crippen LogP contribution in [0.15, 0.2) is 24.3 Å². The van der Waals surface area contributed by atoms with Crippen LogP contribution in [-0.4, -0.2) is 21.0 Å². The molecule has 16 heavy (non-hydrogen) atoms. The van der Waals surface area contributed by atoms with Crippen LogP contribution in [0.5, 0.6) is 0 Å². The Bertz CT molecular complexity index is 706. The van der Waals surface area contributed by atoms with Crippen LogP contribution in [0.3, 0.4) is 0 Å². The van der Waals surface area contributed by atoms with Gasteiger partial charge in [0.1, 0.15) is 5.69 Å². The number of carboxylic acids is 1. The molecule has 0 aliphatic carbocycles. The summed E-state index contributed by atoms with van der Waals surface area (Å²) in [5.41, 5.74) is 4.10. The number of H-pyrrole nitrogens is 2. The van der Waals surface area contributed by atoms with E-state index >= 15 is 0 Å². The zero-order chi connectivity index (χ0) is 11.3. The van der Waals surface area contributed by atoms with Crippen molar-refractivity contribution in [1.82, 2.24) is 9.97 Å². The summed E-state index contributed by atoms with van der Waals surface area (Å²) < 4.78 is 0. The number of benzene rings is 1. The SMILES string of the molecule is Cc1ccc2c(c1)[nH]c1cc(C(=O)O)[nH]c12. The number of hydrogen-bond acceptors (Lipinski definition) is 1. The summed E-state index contributed by atoms with van der Waals surface area (Å²) >= 11 is 0. The molecule has 0 spiro atoms. The van der Waals surface area contributed by atoms with Crippen molar-refractivity contribution < 1.29 is 9.90 Å². The van der Waals surface area contributed by atoms with Gasteiger partial charge in [-0.2, -0.15) is 0 Å². The number of fused-ring (bicyclic) bond motifs is 3. The largest absolute Gasteiger partial charge is 0.477 e. The van der Waals surface area contributed by atoms with Crippen molar-refractivity contribution in [3.8, 4) is 0 Å². The number of rotatable bonds is 1. The third kappa shape index (κ3) is 1.13. The van der Waals surface area contributed by atoms with Crippen molar-refractivity contribution in [3.63, 3.8) is 0 Å². The maximum atomic E-state index is 10.8. The average Bonchev–Trinajstić information content (AvgIpc) is 2.73. The molecule has 0 fully saturated rings. The van der Waals surface area contributed by atoms with Crippen LogP contribution in [0.4, 0.5) is 0 Å². The molecule has 2 heterocycles. The molecule has 0 amide bonds. The van der Waals surface area contributed by atoms with Crippen LogP contribution in [0, 0.1) is 6.92 Å². The zero-order valence-corrected chi connectivity index (χ0v) is 8.66. The molecule has 2 aromatic heterocycles. The highest BCUT2D eigenvalue weighted by Gasteiger charge is 2.11. The fraction of sp³-hybridized carbons (Fsp3) is 0.0833. The van der Waals surface area contributed by atoms with Crippen LogP contribution < -0.4 is 0 Å². The van der Waals surface area contributed by atoms with Gasteiger partial charge in [-0.3, -0.25) is 0 Å². The molecule has 0 saturated heterocycles. The summed E-state index contributed by atoms with van der Waals surface area (Å²) in [4.78, 5) is 16.9. The van der Waals surface area contributed by atoms with Gasteiger partial charge in [-0.05, 0) is 24.6 Å². The lowest BCUT2D eigenvalue weighted by Gasteiger charge is -1.93. The summed E-state index contributed by atoms with van der Waals surface area (Å²) in [5.74, 6) is -0.940. The van der Waals surface area contributed by atoms with E-state index < -0.39 is 5.97 Å². The Morgan fingerprint density at radius 2 is 2.00 bits per heavy atom. The van der Waals surface area contributed by atoms with Crippen molar-refractivity contribution in [2.75, 3.05) is 0 Å². The van der Waals surface area contributed by atoms with Crippen molar-refractivity contribution >= 4 is 27.9 Å². The number of aromatic carboxylic acids is 1. The Morgan fingerprint density at radius 3 is 2.75 bits per heavy atom. The topological polar surface area (TPSA) is 68.9 Å². The third-order valence-electron chi connectivity index (χ3n) is 2.76. The van der Waals surface area contributed by atoms with Gasteiger partial charge in [-0.15, -0.1) is 0 Å². The first-order valence-electron chi connectivity index (χ1n) is 4.99. The molecule has 3 aromatic rings. The predicted molar refractivity (Wildman–Crippen MR) is 61.9 cm³/mol. The van der Waals surface area contributed by atoms with Crippen LogP contribution in [-0.2, 0) is 0 Å². The second kappa shape index (κ2) is 2.88. The minimum Gasteiger partial charge on any atom is -0.477 e. The molecule has 1 aromatic carbocycles. The number of nitrogens with one attached hydrogen (secondary N) is 2. The number of aryl methyl sites for hydroxylation is 1. The highest BCUT2D eigenvalue weighted by atomic mass is 16.4. The van der Waals surface area contributed by atoms with Crippen LogP contribution >= 0.6 is 0 Å².